The van der Waals surface area contributed by atoms with Gasteiger partial charge < -0.3 is 10.1 Å². The highest BCUT2D eigenvalue weighted by Gasteiger charge is 2.19. The predicted molar refractivity (Wildman–Crippen MR) is 95.1 cm³/mol. The molecule has 0 heterocycles. The van der Waals surface area contributed by atoms with Gasteiger partial charge in [0.1, 0.15) is 5.75 Å². The Morgan fingerprint density at radius 3 is 2.17 bits per heavy atom. The van der Waals surface area contributed by atoms with Crippen LogP contribution in [0.15, 0.2) is 42.5 Å². The van der Waals surface area contributed by atoms with Crippen LogP contribution >= 0.6 is 0 Å². The van der Waals surface area contributed by atoms with Gasteiger partial charge in [-0.2, -0.15) is 0 Å². The number of para-hydroxylation sites is 1. The molecule has 122 valence electrons. The van der Waals surface area contributed by atoms with Crippen molar-refractivity contribution in [1.82, 2.24) is 0 Å². The van der Waals surface area contributed by atoms with Crippen LogP contribution in [0.3, 0.4) is 0 Å². The van der Waals surface area contributed by atoms with Gasteiger partial charge in [-0.25, -0.2) is 0 Å². The van der Waals surface area contributed by atoms with Crippen LogP contribution in [-0.2, 0) is 11.2 Å². The quantitative estimate of drug-likeness (QED) is 0.842. The zero-order valence-electron chi connectivity index (χ0n) is 14.3. The molecule has 1 atom stereocenters. The highest BCUT2D eigenvalue weighted by atomic mass is 16.5. The number of nitrogens with one attached hydrogen (secondary N) is 1. The monoisotopic (exact) mass is 311 g/mol. The average molecular weight is 311 g/mol. The van der Waals surface area contributed by atoms with E-state index >= 15 is 0 Å². The molecule has 0 aliphatic rings. The third-order valence-corrected chi connectivity index (χ3v) is 4.00. The number of carbonyl (C=O) groups excluding carboxylic acids is 1. The lowest BCUT2D eigenvalue weighted by Crippen LogP contribution is -2.32. The number of anilines is 1. The van der Waals surface area contributed by atoms with Gasteiger partial charge in [0.25, 0.3) is 5.91 Å². The number of rotatable bonds is 6. The van der Waals surface area contributed by atoms with Crippen LogP contribution in [0.4, 0.5) is 5.69 Å². The molecule has 3 nitrogen and oxygen atoms in total. The lowest BCUT2D eigenvalue weighted by Gasteiger charge is -2.19. The Morgan fingerprint density at radius 1 is 1.04 bits per heavy atom. The number of carbonyl (C=O) groups is 1. The predicted octanol–water partition coefficient (Wildman–Crippen LogP) is 4.66. The van der Waals surface area contributed by atoms with Gasteiger partial charge >= 0.3 is 0 Å². The third kappa shape index (κ3) is 4.35. The standard InChI is InChI=1S/C20H25NO2/c1-5-16-10-12-17(13-11-16)23-18(6-2)20(22)21-19-14(3)8-7-9-15(19)4/h7-13,18H,5-6H2,1-4H3,(H,21,22)/t18-/m1/s1. The van der Waals surface area contributed by atoms with Crippen molar-refractivity contribution in [3.8, 4) is 5.75 Å². The molecular weight excluding hydrogens is 286 g/mol. The summed E-state index contributed by atoms with van der Waals surface area (Å²) < 4.78 is 5.86. The van der Waals surface area contributed by atoms with Crippen molar-refractivity contribution < 1.29 is 9.53 Å². The summed E-state index contributed by atoms with van der Waals surface area (Å²) >= 11 is 0. The molecule has 2 aromatic rings. The van der Waals surface area contributed by atoms with Gasteiger partial charge in [-0.3, -0.25) is 4.79 Å². The first-order chi connectivity index (χ1) is 11.0. The second kappa shape index (κ2) is 7.82. The van der Waals surface area contributed by atoms with Gasteiger partial charge in [0, 0.05) is 5.69 Å². The van der Waals surface area contributed by atoms with E-state index in [-0.39, 0.29) is 5.91 Å². The van der Waals surface area contributed by atoms with Gasteiger partial charge in [-0.1, -0.05) is 44.2 Å². The van der Waals surface area contributed by atoms with Crippen LogP contribution in [0.5, 0.6) is 5.75 Å². The number of aryl methyl sites for hydroxylation is 3. The number of ether oxygens (including phenoxy) is 1. The topological polar surface area (TPSA) is 38.3 Å². The maximum absolute atomic E-state index is 12.5. The van der Waals surface area contributed by atoms with E-state index in [0.717, 1.165) is 29.0 Å². The van der Waals surface area contributed by atoms with E-state index in [0.29, 0.717) is 6.42 Å². The summed E-state index contributed by atoms with van der Waals surface area (Å²) in [5, 5.41) is 3.01. The molecule has 0 radical (unpaired) electrons. The van der Waals surface area contributed by atoms with Crippen molar-refractivity contribution in [3.05, 3.63) is 59.2 Å². The van der Waals surface area contributed by atoms with E-state index in [1.165, 1.54) is 5.56 Å². The highest BCUT2D eigenvalue weighted by Crippen LogP contribution is 2.21. The largest absolute Gasteiger partial charge is 0.481 e. The molecular formula is C20H25NO2. The molecule has 2 aromatic carbocycles. The fourth-order valence-electron chi connectivity index (χ4n) is 2.51. The summed E-state index contributed by atoms with van der Waals surface area (Å²) in [5.74, 6) is 0.621. The molecule has 3 heteroatoms. The minimum atomic E-state index is -0.499. The first-order valence-corrected chi connectivity index (χ1v) is 8.17. The van der Waals surface area contributed by atoms with E-state index in [1.807, 2.05) is 63.2 Å². The summed E-state index contributed by atoms with van der Waals surface area (Å²) in [7, 11) is 0. The molecule has 0 bridgehead atoms. The zero-order chi connectivity index (χ0) is 16.8. The van der Waals surface area contributed by atoms with Crippen molar-refractivity contribution >= 4 is 11.6 Å². The van der Waals surface area contributed by atoms with Crippen molar-refractivity contribution in [3.63, 3.8) is 0 Å². The van der Waals surface area contributed by atoms with Crippen LogP contribution in [0.1, 0.15) is 37.0 Å². The zero-order valence-corrected chi connectivity index (χ0v) is 14.3. The minimum Gasteiger partial charge on any atom is -0.481 e. The molecule has 2 rings (SSSR count). The summed E-state index contributed by atoms with van der Waals surface area (Å²) in [6.07, 6.45) is 1.11. The Kier molecular flexibility index (Phi) is 5.80. The van der Waals surface area contributed by atoms with E-state index in [9.17, 15) is 4.79 Å². The Labute approximate surface area is 138 Å². The van der Waals surface area contributed by atoms with Crippen LogP contribution in [-0.4, -0.2) is 12.0 Å². The molecule has 23 heavy (non-hydrogen) atoms. The maximum Gasteiger partial charge on any atom is 0.265 e. The normalized spacial score (nSPS) is 11.8. The SMILES string of the molecule is CCc1ccc(O[C@H](CC)C(=O)Nc2c(C)cccc2C)cc1. The lowest BCUT2D eigenvalue weighted by molar-refractivity contribution is -0.122. The summed E-state index contributed by atoms with van der Waals surface area (Å²) in [4.78, 5) is 12.5. The first kappa shape index (κ1) is 17.1. The Morgan fingerprint density at radius 2 is 1.65 bits per heavy atom. The summed E-state index contributed by atoms with van der Waals surface area (Å²) in [6, 6.07) is 13.9. The molecule has 0 saturated heterocycles. The smallest absolute Gasteiger partial charge is 0.265 e. The molecule has 0 spiro atoms. The second-order valence-electron chi connectivity index (χ2n) is 5.77. The Hall–Kier alpha value is -2.29. The molecule has 0 aromatic heterocycles. The van der Waals surface area contributed by atoms with Gasteiger partial charge in [0.2, 0.25) is 0 Å². The van der Waals surface area contributed by atoms with Crippen LogP contribution in [0.2, 0.25) is 0 Å². The van der Waals surface area contributed by atoms with Crippen LogP contribution < -0.4 is 10.1 Å². The number of hydrogen-bond acceptors (Lipinski definition) is 2. The number of hydrogen-bond donors (Lipinski definition) is 1. The van der Waals surface area contributed by atoms with Crippen molar-refractivity contribution in [2.75, 3.05) is 5.32 Å². The van der Waals surface area contributed by atoms with E-state index in [2.05, 4.69) is 12.2 Å². The van der Waals surface area contributed by atoms with Gasteiger partial charge in [-0.15, -0.1) is 0 Å². The molecule has 1 N–H and O–H groups in total. The highest BCUT2D eigenvalue weighted by molar-refractivity contribution is 5.95. The number of benzene rings is 2. The van der Waals surface area contributed by atoms with Gasteiger partial charge in [-0.05, 0) is 55.5 Å². The van der Waals surface area contributed by atoms with Gasteiger partial charge in [0.05, 0.1) is 0 Å². The average Bonchev–Trinajstić information content (AvgIpc) is 2.56. The summed E-state index contributed by atoms with van der Waals surface area (Å²) in [6.45, 7) is 8.06. The minimum absolute atomic E-state index is 0.107. The van der Waals surface area contributed by atoms with Crippen molar-refractivity contribution in [1.29, 1.82) is 0 Å². The lowest BCUT2D eigenvalue weighted by atomic mass is 10.1. The van der Waals surface area contributed by atoms with Crippen LogP contribution in [0, 0.1) is 13.8 Å². The fourth-order valence-corrected chi connectivity index (χ4v) is 2.51. The van der Waals surface area contributed by atoms with E-state index in [4.69, 9.17) is 4.74 Å². The maximum atomic E-state index is 12.5. The molecule has 0 saturated carbocycles. The molecule has 0 aliphatic heterocycles. The van der Waals surface area contributed by atoms with E-state index < -0.39 is 6.10 Å². The number of amides is 1. The Bertz CT molecular complexity index is 642. The van der Waals surface area contributed by atoms with Crippen LogP contribution in [0.25, 0.3) is 0 Å². The van der Waals surface area contributed by atoms with Crippen molar-refractivity contribution in [2.45, 2.75) is 46.6 Å². The Balaban J connectivity index is 2.09. The summed E-state index contributed by atoms with van der Waals surface area (Å²) in [5.41, 5.74) is 4.24. The second-order valence-corrected chi connectivity index (χ2v) is 5.77. The third-order valence-electron chi connectivity index (χ3n) is 4.00. The molecule has 0 aliphatic carbocycles. The fraction of sp³-hybridized carbons (Fsp3) is 0.350. The van der Waals surface area contributed by atoms with Gasteiger partial charge in [0.15, 0.2) is 6.10 Å². The molecule has 0 fully saturated rings. The molecule has 0 unspecified atom stereocenters. The van der Waals surface area contributed by atoms with Crippen molar-refractivity contribution in [2.24, 2.45) is 0 Å². The van der Waals surface area contributed by atoms with E-state index in [1.54, 1.807) is 0 Å². The molecule has 1 amide bonds. The first-order valence-electron chi connectivity index (χ1n) is 8.17.